The SMILES string of the molecule is CC=CC(=O)OCO[Si](CCC)(OC)OC. The van der Waals surface area contributed by atoms with Crippen molar-refractivity contribution in [2.75, 3.05) is 21.0 Å². The van der Waals surface area contributed by atoms with E-state index < -0.39 is 14.8 Å². The first-order chi connectivity index (χ1) is 7.64. The number of hydrogen-bond donors (Lipinski definition) is 0. The lowest BCUT2D eigenvalue weighted by Gasteiger charge is -2.25. The number of esters is 1. The number of ether oxygens (including phenoxy) is 1. The van der Waals surface area contributed by atoms with Crippen LogP contribution in [0.1, 0.15) is 20.3 Å². The van der Waals surface area contributed by atoms with Gasteiger partial charge in [0.1, 0.15) is 0 Å². The molecule has 0 spiro atoms. The molecule has 0 bridgehead atoms. The molecule has 16 heavy (non-hydrogen) atoms. The highest BCUT2D eigenvalue weighted by Crippen LogP contribution is 2.15. The standard InChI is InChI=1S/C10H20O5Si/c1-5-7-10(11)14-9-15-16(12-3,13-4)8-6-2/h5,7H,6,8-9H2,1-4H3. The van der Waals surface area contributed by atoms with Crippen molar-refractivity contribution in [3.8, 4) is 0 Å². The fraction of sp³-hybridized carbons (Fsp3) is 0.700. The molecule has 0 fully saturated rings. The zero-order valence-electron chi connectivity index (χ0n) is 10.3. The molecule has 0 saturated carbocycles. The van der Waals surface area contributed by atoms with E-state index in [1.54, 1.807) is 27.2 Å². The third-order valence-electron chi connectivity index (χ3n) is 1.96. The van der Waals surface area contributed by atoms with E-state index >= 15 is 0 Å². The first-order valence-electron chi connectivity index (χ1n) is 5.17. The first-order valence-corrected chi connectivity index (χ1v) is 7.11. The van der Waals surface area contributed by atoms with Gasteiger partial charge in [0.15, 0.2) is 6.79 Å². The zero-order valence-corrected chi connectivity index (χ0v) is 11.3. The number of allylic oxidation sites excluding steroid dienone is 1. The van der Waals surface area contributed by atoms with Crippen LogP contribution in [-0.2, 0) is 22.8 Å². The predicted molar refractivity (Wildman–Crippen MR) is 61.7 cm³/mol. The third kappa shape index (κ3) is 5.41. The average Bonchev–Trinajstić information content (AvgIpc) is 2.28. The lowest BCUT2D eigenvalue weighted by Crippen LogP contribution is -2.44. The molecule has 0 rings (SSSR count). The van der Waals surface area contributed by atoms with Gasteiger partial charge in [0.05, 0.1) is 0 Å². The normalized spacial score (nSPS) is 12.0. The Balaban J connectivity index is 4.06. The minimum absolute atomic E-state index is 0.142. The fourth-order valence-electron chi connectivity index (χ4n) is 1.15. The Kier molecular flexibility index (Phi) is 8.09. The Morgan fingerprint density at radius 1 is 1.31 bits per heavy atom. The van der Waals surface area contributed by atoms with Crippen molar-refractivity contribution in [3.63, 3.8) is 0 Å². The van der Waals surface area contributed by atoms with Gasteiger partial charge in [-0.2, -0.15) is 0 Å². The molecule has 0 aromatic rings. The van der Waals surface area contributed by atoms with Gasteiger partial charge in [-0.3, -0.25) is 0 Å². The molecule has 0 atom stereocenters. The van der Waals surface area contributed by atoms with Gasteiger partial charge < -0.3 is 18.0 Å². The van der Waals surface area contributed by atoms with Crippen LogP contribution in [0.3, 0.4) is 0 Å². The van der Waals surface area contributed by atoms with Crippen LogP contribution in [0.2, 0.25) is 6.04 Å². The van der Waals surface area contributed by atoms with Crippen LogP contribution in [-0.4, -0.2) is 35.8 Å². The largest absolute Gasteiger partial charge is 0.502 e. The van der Waals surface area contributed by atoms with Crippen LogP contribution in [0, 0.1) is 0 Å². The van der Waals surface area contributed by atoms with Gasteiger partial charge in [0.25, 0.3) is 0 Å². The molecule has 0 aliphatic carbocycles. The predicted octanol–water partition coefficient (Wildman–Crippen LogP) is 1.72. The quantitative estimate of drug-likeness (QED) is 0.283. The lowest BCUT2D eigenvalue weighted by atomic mass is 10.5. The topological polar surface area (TPSA) is 54.0 Å². The molecule has 6 heteroatoms. The van der Waals surface area contributed by atoms with Crippen molar-refractivity contribution >= 4 is 14.8 Å². The Labute approximate surface area is 97.7 Å². The summed E-state index contributed by atoms with van der Waals surface area (Å²) in [6, 6.07) is 0.696. The van der Waals surface area contributed by atoms with E-state index in [-0.39, 0.29) is 6.79 Å². The second-order valence-corrected chi connectivity index (χ2v) is 6.04. The molecule has 0 radical (unpaired) electrons. The van der Waals surface area contributed by atoms with Crippen molar-refractivity contribution in [3.05, 3.63) is 12.2 Å². The van der Waals surface area contributed by atoms with E-state index in [4.69, 9.17) is 18.0 Å². The second-order valence-electron chi connectivity index (χ2n) is 3.07. The van der Waals surface area contributed by atoms with Crippen molar-refractivity contribution in [1.82, 2.24) is 0 Å². The Morgan fingerprint density at radius 3 is 2.38 bits per heavy atom. The maximum absolute atomic E-state index is 11.0. The molecule has 0 aliphatic rings. The van der Waals surface area contributed by atoms with Gasteiger partial charge in [0.2, 0.25) is 0 Å². The Morgan fingerprint density at radius 2 is 1.94 bits per heavy atom. The van der Waals surface area contributed by atoms with Crippen LogP contribution in [0.4, 0.5) is 0 Å². The highest BCUT2D eigenvalue weighted by atomic mass is 28.4. The molecule has 0 unspecified atom stereocenters. The Bertz CT molecular complexity index is 225. The van der Waals surface area contributed by atoms with E-state index in [0.29, 0.717) is 6.04 Å². The van der Waals surface area contributed by atoms with Gasteiger partial charge >= 0.3 is 14.8 Å². The van der Waals surface area contributed by atoms with E-state index in [2.05, 4.69) is 0 Å². The van der Waals surface area contributed by atoms with Crippen molar-refractivity contribution < 1.29 is 22.8 Å². The summed E-state index contributed by atoms with van der Waals surface area (Å²) in [5.41, 5.74) is 0. The maximum atomic E-state index is 11.0. The van der Waals surface area contributed by atoms with E-state index in [0.717, 1.165) is 6.42 Å². The molecular weight excluding hydrogens is 228 g/mol. The summed E-state index contributed by atoms with van der Waals surface area (Å²) in [4.78, 5) is 11.0. The molecule has 0 N–H and O–H groups in total. The third-order valence-corrected chi connectivity index (χ3v) is 4.88. The van der Waals surface area contributed by atoms with E-state index in [9.17, 15) is 4.79 Å². The van der Waals surface area contributed by atoms with E-state index in [1.165, 1.54) is 6.08 Å². The zero-order chi connectivity index (χ0) is 12.4. The van der Waals surface area contributed by atoms with Gasteiger partial charge in [-0.25, -0.2) is 4.79 Å². The van der Waals surface area contributed by atoms with Crippen molar-refractivity contribution in [2.45, 2.75) is 26.3 Å². The Hall–Kier alpha value is -0.693. The van der Waals surface area contributed by atoms with Gasteiger partial charge in [0, 0.05) is 26.3 Å². The van der Waals surface area contributed by atoms with E-state index in [1.807, 2.05) is 6.92 Å². The maximum Gasteiger partial charge on any atom is 0.502 e. The summed E-state index contributed by atoms with van der Waals surface area (Å²) in [6.07, 6.45) is 3.81. The van der Waals surface area contributed by atoms with Crippen LogP contribution in [0.5, 0.6) is 0 Å². The molecule has 0 heterocycles. The minimum atomic E-state index is -2.63. The molecule has 0 aromatic carbocycles. The average molecular weight is 248 g/mol. The molecular formula is C10H20O5Si. The number of hydrogen-bond acceptors (Lipinski definition) is 5. The summed E-state index contributed by atoms with van der Waals surface area (Å²) in [7, 11) is 0.447. The number of rotatable bonds is 8. The van der Waals surface area contributed by atoms with Crippen LogP contribution in [0.15, 0.2) is 12.2 Å². The first kappa shape index (κ1) is 15.3. The molecule has 0 aliphatic heterocycles. The van der Waals surface area contributed by atoms with Gasteiger partial charge in [-0.1, -0.05) is 19.4 Å². The van der Waals surface area contributed by atoms with Crippen LogP contribution >= 0.6 is 0 Å². The fourth-order valence-corrected chi connectivity index (χ4v) is 2.95. The van der Waals surface area contributed by atoms with Crippen molar-refractivity contribution in [1.29, 1.82) is 0 Å². The lowest BCUT2D eigenvalue weighted by molar-refractivity contribution is -0.146. The number of carbonyl (C=O) groups excluding carboxylic acids is 1. The summed E-state index contributed by atoms with van der Waals surface area (Å²) in [5.74, 6) is -0.436. The van der Waals surface area contributed by atoms with Gasteiger partial charge in [-0.15, -0.1) is 0 Å². The molecule has 5 nitrogen and oxygen atoms in total. The minimum Gasteiger partial charge on any atom is -0.436 e. The highest BCUT2D eigenvalue weighted by Gasteiger charge is 2.38. The summed E-state index contributed by atoms with van der Waals surface area (Å²) in [6.45, 7) is 3.61. The summed E-state index contributed by atoms with van der Waals surface area (Å²) in [5, 5.41) is 0. The number of carbonyl (C=O) groups is 1. The molecule has 0 aromatic heterocycles. The monoisotopic (exact) mass is 248 g/mol. The second kappa shape index (κ2) is 8.46. The van der Waals surface area contributed by atoms with Crippen LogP contribution < -0.4 is 0 Å². The van der Waals surface area contributed by atoms with Gasteiger partial charge in [-0.05, 0) is 6.92 Å². The molecule has 0 amide bonds. The van der Waals surface area contributed by atoms with Crippen LogP contribution in [0.25, 0.3) is 0 Å². The van der Waals surface area contributed by atoms with Crippen molar-refractivity contribution in [2.24, 2.45) is 0 Å². The highest BCUT2D eigenvalue weighted by molar-refractivity contribution is 6.60. The molecule has 0 saturated heterocycles. The smallest absolute Gasteiger partial charge is 0.436 e. The summed E-state index contributed by atoms with van der Waals surface area (Å²) >= 11 is 0. The molecule has 94 valence electrons. The summed E-state index contributed by atoms with van der Waals surface area (Å²) < 4.78 is 20.7.